The van der Waals surface area contributed by atoms with E-state index in [1.807, 2.05) is 0 Å². The third-order valence-corrected chi connectivity index (χ3v) is 2.49. The Labute approximate surface area is 99.9 Å². The molecule has 0 radical (unpaired) electrons. The number of nitrogens with zero attached hydrogens (tertiary/aromatic N) is 4. The average Bonchev–Trinajstić information content (AvgIpc) is 2.82. The lowest BCUT2D eigenvalue weighted by Gasteiger charge is -2.07. The van der Waals surface area contributed by atoms with Crippen LogP contribution in [-0.4, -0.2) is 24.6 Å². The van der Waals surface area contributed by atoms with Crippen LogP contribution in [0.2, 0.25) is 0 Å². The maximum atomic E-state index is 11.5. The van der Waals surface area contributed by atoms with E-state index in [-0.39, 0.29) is 5.69 Å². The van der Waals surface area contributed by atoms with E-state index in [1.165, 1.54) is 11.7 Å². The highest BCUT2D eigenvalue weighted by Crippen LogP contribution is 2.19. The van der Waals surface area contributed by atoms with Crippen molar-refractivity contribution in [2.75, 3.05) is 5.48 Å². The lowest BCUT2D eigenvalue weighted by atomic mass is 10.3. The quantitative estimate of drug-likeness (QED) is 0.630. The largest absolute Gasteiger partial charge is 0.761 e. The minimum atomic E-state index is -0.529. The molecule has 18 heavy (non-hydrogen) atoms. The molecule has 0 spiro atoms. The summed E-state index contributed by atoms with van der Waals surface area (Å²) < 4.78 is 1.61. The number of aromatic nitrogens is 5. The highest BCUT2D eigenvalue weighted by molar-refractivity contribution is 5.74. The van der Waals surface area contributed by atoms with Gasteiger partial charge in [0.25, 0.3) is 5.56 Å². The molecule has 3 aromatic heterocycles. The van der Waals surface area contributed by atoms with Crippen LogP contribution in [0.4, 0.5) is 5.69 Å². The van der Waals surface area contributed by atoms with Gasteiger partial charge >= 0.3 is 0 Å². The van der Waals surface area contributed by atoms with Crippen molar-refractivity contribution in [3.05, 3.63) is 46.5 Å². The van der Waals surface area contributed by atoms with Gasteiger partial charge in [-0.2, -0.15) is 5.10 Å². The van der Waals surface area contributed by atoms with Crippen LogP contribution in [0, 0.1) is 5.21 Å². The van der Waals surface area contributed by atoms with Gasteiger partial charge in [0, 0.05) is 12.4 Å². The Morgan fingerprint density at radius 1 is 1.33 bits per heavy atom. The van der Waals surface area contributed by atoms with Gasteiger partial charge in [0.05, 0.1) is 29.7 Å². The summed E-state index contributed by atoms with van der Waals surface area (Å²) in [6.45, 7) is 0. The van der Waals surface area contributed by atoms with E-state index in [0.717, 1.165) is 0 Å². The van der Waals surface area contributed by atoms with Crippen molar-refractivity contribution in [1.82, 2.24) is 24.6 Å². The molecule has 2 N–H and O–H groups in total. The minimum Gasteiger partial charge on any atom is -0.761 e. The van der Waals surface area contributed by atoms with Gasteiger partial charge in [0.15, 0.2) is 0 Å². The van der Waals surface area contributed by atoms with Crippen molar-refractivity contribution in [2.24, 2.45) is 0 Å². The van der Waals surface area contributed by atoms with E-state index in [2.05, 4.69) is 20.1 Å². The second-order valence-corrected chi connectivity index (χ2v) is 3.54. The van der Waals surface area contributed by atoms with Crippen molar-refractivity contribution in [2.45, 2.75) is 0 Å². The Balaban J connectivity index is 2.20. The fourth-order valence-corrected chi connectivity index (χ4v) is 1.62. The molecule has 90 valence electrons. The summed E-state index contributed by atoms with van der Waals surface area (Å²) in [5.41, 5.74) is 2.20. The number of anilines is 1. The zero-order valence-corrected chi connectivity index (χ0v) is 8.99. The predicted octanol–water partition coefficient (Wildman–Crippen LogP) is 0.389. The van der Waals surface area contributed by atoms with Crippen LogP contribution >= 0.6 is 0 Å². The molecular weight excluding hydrogens is 236 g/mol. The van der Waals surface area contributed by atoms with Crippen LogP contribution in [-0.2, 0) is 0 Å². The van der Waals surface area contributed by atoms with E-state index in [4.69, 9.17) is 0 Å². The Morgan fingerprint density at radius 3 is 3.00 bits per heavy atom. The first kappa shape index (κ1) is 10.4. The molecule has 3 aromatic rings. The van der Waals surface area contributed by atoms with Crippen molar-refractivity contribution >= 4 is 11.2 Å². The molecule has 3 rings (SSSR count). The molecule has 0 fully saturated rings. The summed E-state index contributed by atoms with van der Waals surface area (Å²) in [6.07, 6.45) is 7.65. The monoisotopic (exact) mass is 243 g/mol. The first-order valence-electron chi connectivity index (χ1n) is 5.05. The second-order valence-electron chi connectivity index (χ2n) is 3.54. The number of aromatic amines is 1. The summed E-state index contributed by atoms with van der Waals surface area (Å²) in [4.78, 5) is 22.0. The summed E-state index contributed by atoms with van der Waals surface area (Å²) in [5, 5.41) is 14.5. The molecule has 0 saturated heterocycles. The van der Waals surface area contributed by atoms with Crippen molar-refractivity contribution in [3.8, 4) is 11.4 Å². The van der Waals surface area contributed by atoms with E-state index >= 15 is 0 Å². The molecule has 0 aliphatic heterocycles. The summed E-state index contributed by atoms with van der Waals surface area (Å²) in [7, 11) is 0. The zero-order valence-electron chi connectivity index (χ0n) is 8.99. The molecule has 0 aliphatic rings. The van der Waals surface area contributed by atoms with Gasteiger partial charge in [-0.25, -0.2) is 9.50 Å². The van der Waals surface area contributed by atoms with Crippen molar-refractivity contribution in [1.29, 1.82) is 0 Å². The molecule has 8 nitrogen and oxygen atoms in total. The van der Waals surface area contributed by atoms with E-state index in [1.54, 1.807) is 29.3 Å². The molecule has 0 saturated carbocycles. The Kier molecular flexibility index (Phi) is 2.27. The standard InChI is InChI=1S/C10H7N6O2/c17-10-7(15-18)4-12-9(14-10)6-3-13-16-2-1-11-5-8(6)16/h1-5,15H,(H,12,14,17)/q-1. The van der Waals surface area contributed by atoms with Crippen LogP contribution < -0.4 is 11.0 Å². The maximum Gasteiger partial charge on any atom is 0.273 e. The molecule has 0 atom stereocenters. The molecule has 0 unspecified atom stereocenters. The third kappa shape index (κ3) is 1.52. The van der Waals surface area contributed by atoms with Gasteiger partial charge in [-0.3, -0.25) is 9.78 Å². The normalized spacial score (nSPS) is 10.7. The second kappa shape index (κ2) is 3.93. The fraction of sp³-hybridized carbons (Fsp3) is 0. The topological polar surface area (TPSA) is 111 Å². The highest BCUT2D eigenvalue weighted by Gasteiger charge is 2.09. The lowest BCUT2D eigenvalue weighted by Crippen LogP contribution is -2.12. The van der Waals surface area contributed by atoms with Gasteiger partial charge in [-0.05, 0) is 0 Å². The van der Waals surface area contributed by atoms with Gasteiger partial charge < -0.3 is 15.7 Å². The Hall–Kier alpha value is -2.74. The summed E-state index contributed by atoms with van der Waals surface area (Å²) >= 11 is 0. The van der Waals surface area contributed by atoms with Crippen molar-refractivity contribution < 1.29 is 0 Å². The first-order chi connectivity index (χ1) is 8.79. The zero-order chi connectivity index (χ0) is 12.5. The van der Waals surface area contributed by atoms with E-state index < -0.39 is 5.56 Å². The molecule has 0 aromatic carbocycles. The van der Waals surface area contributed by atoms with Crippen molar-refractivity contribution in [3.63, 3.8) is 0 Å². The molecule has 0 bridgehead atoms. The Bertz CT molecular complexity index is 762. The van der Waals surface area contributed by atoms with Gasteiger partial charge in [-0.15, -0.1) is 0 Å². The van der Waals surface area contributed by atoms with E-state index in [9.17, 15) is 10.0 Å². The number of hydrogen-bond donors (Lipinski definition) is 2. The minimum absolute atomic E-state index is 0.131. The summed E-state index contributed by atoms with van der Waals surface area (Å²) in [6, 6.07) is 0. The van der Waals surface area contributed by atoms with Crippen LogP contribution in [0.15, 0.2) is 35.8 Å². The SMILES string of the molecule is O=c1[nH]c(-c2cnn3ccncc23)ncc1N[O-]. The van der Waals surface area contributed by atoms with Gasteiger partial charge in [0.2, 0.25) is 0 Å². The number of fused-ring (bicyclic) bond motifs is 1. The smallest absolute Gasteiger partial charge is 0.273 e. The molecule has 0 amide bonds. The fourth-order valence-electron chi connectivity index (χ4n) is 1.62. The van der Waals surface area contributed by atoms with Gasteiger partial charge in [0.1, 0.15) is 11.5 Å². The van der Waals surface area contributed by atoms with Crippen LogP contribution in [0.5, 0.6) is 0 Å². The Morgan fingerprint density at radius 2 is 2.22 bits per heavy atom. The van der Waals surface area contributed by atoms with Crippen LogP contribution in [0.1, 0.15) is 0 Å². The van der Waals surface area contributed by atoms with Crippen LogP contribution in [0.25, 0.3) is 16.9 Å². The average molecular weight is 243 g/mol. The number of rotatable bonds is 2. The van der Waals surface area contributed by atoms with Gasteiger partial charge in [-0.1, -0.05) is 0 Å². The predicted molar refractivity (Wildman–Crippen MR) is 63.8 cm³/mol. The number of hydrogen-bond acceptors (Lipinski definition) is 6. The number of H-pyrrole nitrogens is 1. The molecule has 8 heteroatoms. The maximum absolute atomic E-state index is 11.5. The molecular formula is C10H7N6O2-. The number of nitrogens with one attached hydrogen (secondary N) is 2. The van der Waals surface area contributed by atoms with E-state index in [0.29, 0.717) is 16.9 Å². The summed E-state index contributed by atoms with van der Waals surface area (Å²) in [5.74, 6) is 0.335. The van der Waals surface area contributed by atoms with Crippen LogP contribution in [0.3, 0.4) is 0 Å². The highest BCUT2D eigenvalue weighted by atomic mass is 16.5. The third-order valence-electron chi connectivity index (χ3n) is 2.49. The molecule has 0 aliphatic carbocycles. The lowest BCUT2D eigenvalue weighted by molar-refractivity contribution is 0.946. The molecule has 3 heterocycles. The first-order valence-corrected chi connectivity index (χ1v) is 5.05.